The molecule has 3 saturated heterocycles. The summed E-state index contributed by atoms with van der Waals surface area (Å²) in [6.07, 6.45) is 1.46. The van der Waals surface area contributed by atoms with Crippen LogP contribution < -0.4 is 5.32 Å². The fourth-order valence-electron chi connectivity index (χ4n) is 5.51. The van der Waals surface area contributed by atoms with E-state index in [1.807, 2.05) is 34.6 Å². The Morgan fingerprint density at radius 3 is 2.57 bits per heavy atom. The van der Waals surface area contributed by atoms with Crippen LogP contribution in [0.4, 0.5) is 0 Å². The molecule has 8 nitrogen and oxygen atoms in total. The summed E-state index contributed by atoms with van der Waals surface area (Å²) in [6.45, 7) is 11.3. The van der Waals surface area contributed by atoms with Crippen molar-refractivity contribution in [3.05, 3.63) is 0 Å². The van der Waals surface area contributed by atoms with Crippen molar-refractivity contribution >= 4 is 17.8 Å². The minimum Gasteiger partial charge on any atom is -0.466 e. The zero-order valence-electron chi connectivity index (χ0n) is 18.9. The van der Waals surface area contributed by atoms with Gasteiger partial charge in [-0.05, 0) is 46.5 Å². The van der Waals surface area contributed by atoms with E-state index >= 15 is 0 Å². The molecule has 2 bridgehead atoms. The van der Waals surface area contributed by atoms with Crippen molar-refractivity contribution in [2.75, 3.05) is 13.2 Å². The van der Waals surface area contributed by atoms with Crippen LogP contribution in [0.25, 0.3) is 0 Å². The zero-order valence-corrected chi connectivity index (χ0v) is 18.9. The third-order valence-electron chi connectivity index (χ3n) is 6.89. The average molecular weight is 425 g/mol. The Morgan fingerprint density at radius 2 is 2.03 bits per heavy atom. The van der Waals surface area contributed by atoms with E-state index in [-0.39, 0.29) is 30.9 Å². The first-order chi connectivity index (χ1) is 14.0. The van der Waals surface area contributed by atoms with Crippen LogP contribution in [-0.4, -0.2) is 70.3 Å². The number of carbonyl (C=O) groups excluding carboxylic acids is 3. The average Bonchev–Trinajstić information content (AvgIpc) is 3.29. The number of hydrogen-bond acceptors (Lipinski definition) is 6. The van der Waals surface area contributed by atoms with Gasteiger partial charge < -0.3 is 24.8 Å². The van der Waals surface area contributed by atoms with Crippen molar-refractivity contribution in [1.82, 2.24) is 10.2 Å². The molecule has 2 unspecified atom stereocenters. The summed E-state index contributed by atoms with van der Waals surface area (Å²) in [5, 5.41) is 13.2. The number of carbonyl (C=O) groups is 3. The molecule has 30 heavy (non-hydrogen) atoms. The second-order valence-electron chi connectivity index (χ2n) is 9.93. The molecule has 7 atom stereocenters. The summed E-state index contributed by atoms with van der Waals surface area (Å²) < 4.78 is 11.6. The lowest BCUT2D eigenvalue weighted by Crippen LogP contribution is -2.61. The van der Waals surface area contributed by atoms with Crippen LogP contribution in [0.5, 0.6) is 0 Å². The predicted molar refractivity (Wildman–Crippen MR) is 109 cm³/mol. The molecule has 3 aliphatic rings. The first-order valence-electron chi connectivity index (χ1n) is 11.1. The van der Waals surface area contributed by atoms with Crippen LogP contribution in [0, 0.1) is 17.8 Å². The molecule has 3 heterocycles. The molecule has 0 aromatic carbocycles. The van der Waals surface area contributed by atoms with E-state index in [2.05, 4.69) is 5.32 Å². The van der Waals surface area contributed by atoms with Crippen molar-refractivity contribution < 1.29 is 29.0 Å². The number of aliphatic hydroxyl groups is 1. The summed E-state index contributed by atoms with van der Waals surface area (Å²) in [7, 11) is 0. The smallest absolute Gasteiger partial charge is 0.312 e. The maximum atomic E-state index is 13.7. The molecule has 3 fully saturated rings. The first kappa shape index (κ1) is 23.0. The quantitative estimate of drug-likeness (QED) is 0.596. The summed E-state index contributed by atoms with van der Waals surface area (Å²) in [5.41, 5.74) is -1.56. The fourth-order valence-corrected chi connectivity index (χ4v) is 5.51. The molecule has 0 aliphatic carbocycles. The van der Waals surface area contributed by atoms with Crippen LogP contribution in [0.2, 0.25) is 0 Å². The van der Waals surface area contributed by atoms with E-state index in [0.717, 1.165) is 6.42 Å². The van der Waals surface area contributed by atoms with Crippen molar-refractivity contribution in [1.29, 1.82) is 0 Å². The summed E-state index contributed by atoms with van der Waals surface area (Å²) in [6, 6.07) is -1.41. The van der Waals surface area contributed by atoms with Crippen LogP contribution in [-0.2, 0) is 23.9 Å². The number of nitrogens with one attached hydrogen (secondary N) is 1. The second kappa shape index (κ2) is 8.11. The normalized spacial score (nSPS) is 34.6. The molecular weight excluding hydrogens is 388 g/mol. The molecule has 0 aromatic heterocycles. The Kier molecular flexibility index (Phi) is 6.22. The number of nitrogens with zero attached hydrogens (tertiary/aromatic N) is 1. The topological polar surface area (TPSA) is 105 Å². The van der Waals surface area contributed by atoms with E-state index in [4.69, 9.17) is 9.47 Å². The monoisotopic (exact) mass is 424 g/mol. The number of amides is 2. The molecule has 1 spiro atoms. The van der Waals surface area contributed by atoms with Gasteiger partial charge in [0.15, 0.2) is 0 Å². The number of rotatable bonds is 7. The summed E-state index contributed by atoms with van der Waals surface area (Å²) >= 11 is 0. The van der Waals surface area contributed by atoms with Gasteiger partial charge >= 0.3 is 5.97 Å². The van der Waals surface area contributed by atoms with E-state index in [1.165, 1.54) is 4.90 Å². The molecule has 3 aliphatic heterocycles. The van der Waals surface area contributed by atoms with E-state index in [0.29, 0.717) is 12.8 Å². The number of ether oxygens (including phenoxy) is 2. The Bertz CT molecular complexity index is 704. The summed E-state index contributed by atoms with van der Waals surface area (Å²) in [5.74, 6) is -2.52. The lowest BCUT2D eigenvalue weighted by molar-refractivity contribution is -0.156. The Balaban J connectivity index is 2.07. The largest absolute Gasteiger partial charge is 0.466 e. The molecule has 0 radical (unpaired) electrons. The van der Waals surface area contributed by atoms with Crippen molar-refractivity contribution in [2.45, 2.75) is 90.1 Å². The second-order valence-corrected chi connectivity index (χ2v) is 9.93. The van der Waals surface area contributed by atoms with Gasteiger partial charge in [-0.3, -0.25) is 14.4 Å². The van der Waals surface area contributed by atoms with Crippen molar-refractivity contribution in [3.63, 3.8) is 0 Å². The minimum absolute atomic E-state index is 0.0163. The maximum Gasteiger partial charge on any atom is 0.312 e. The molecular formula is C22H36N2O6. The van der Waals surface area contributed by atoms with Gasteiger partial charge in [-0.2, -0.15) is 0 Å². The van der Waals surface area contributed by atoms with Gasteiger partial charge in [0.05, 0.1) is 37.2 Å². The van der Waals surface area contributed by atoms with Gasteiger partial charge in [-0.25, -0.2) is 0 Å². The van der Waals surface area contributed by atoms with Gasteiger partial charge in [0.1, 0.15) is 11.6 Å². The first-order valence-corrected chi connectivity index (χ1v) is 11.1. The van der Waals surface area contributed by atoms with Gasteiger partial charge in [0, 0.05) is 5.54 Å². The van der Waals surface area contributed by atoms with Gasteiger partial charge in [0.2, 0.25) is 11.8 Å². The molecule has 2 amide bonds. The zero-order chi connectivity index (χ0) is 22.4. The SMILES string of the molecule is CCOC(=O)[C@@H]1[C@@H]2CCC3(O2)C(C(=O)NC(C)(C)C)N([C@@H](CO)[C@@H](C)CC)C(=O)[C@H]13. The maximum absolute atomic E-state index is 13.7. The van der Waals surface area contributed by atoms with Crippen LogP contribution in [0.15, 0.2) is 0 Å². The minimum atomic E-state index is -1.06. The molecule has 8 heteroatoms. The number of fused-ring (bicyclic) bond motifs is 1. The number of aliphatic hydroxyl groups excluding tert-OH is 1. The molecule has 3 rings (SSSR count). The van der Waals surface area contributed by atoms with Crippen molar-refractivity contribution in [3.8, 4) is 0 Å². The highest BCUT2D eigenvalue weighted by atomic mass is 16.6. The summed E-state index contributed by atoms with van der Waals surface area (Å²) in [4.78, 5) is 41.5. The molecule has 170 valence electrons. The highest BCUT2D eigenvalue weighted by Gasteiger charge is 2.75. The Hall–Kier alpha value is -1.67. The van der Waals surface area contributed by atoms with E-state index in [1.54, 1.807) is 6.92 Å². The van der Waals surface area contributed by atoms with Crippen LogP contribution in [0.3, 0.4) is 0 Å². The number of esters is 1. The number of likely N-dealkylation sites (tertiary alicyclic amines) is 1. The highest BCUT2D eigenvalue weighted by Crippen LogP contribution is 2.59. The van der Waals surface area contributed by atoms with Crippen LogP contribution >= 0.6 is 0 Å². The standard InChI is InChI=1S/C22H36N2O6/c1-7-12(3)13(11-25)24-17(18(26)23-21(4,5)6)22-10-9-14(30-22)15(16(22)19(24)27)20(28)29-8-2/h12-17,25H,7-11H2,1-6H3,(H,23,26)/t12-,13-,14-,15+,16-,17?,22?/m0/s1. The van der Waals surface area contributed by atoms with E-state index in [9.17, 15) is 19.5 Å². The number of hydrogen-bond donors (Lipinski definition) is 2. The van der Waals surface area contributed by atoms with Gasteiger partial charge in [0.25, 0.3) is 0 Å². The van der Waals surface area contributed by atoms with E-state index < -0.39 is 47.1 Å². The predicted octanol–water partition coefficient (Wildman–Crippen LogP) is 1.25. The third-order valence-corrected chi connectivity index (χ3v) is 6.89. The highest BCUT2D eigenvalue weighted by molar-refractivity contribution is 5.98. The molecule has 0 aromatic rings. The Labute approximate surface area is 178 Å². The lowest BCUT2D eigenvalue weighted by atomic mass is 9.70. The lowest BCUT2D eigenvalue weighted by Gasteiger charge is -2.40. The van der Waals surface area contributed by atoms with Gasteiger partial charge in [-0.1, -0.05) is 20.3 Å². The molecule has 2 N–H and O–H groups in total. The third kappa shape index (κ3) is 3.51. The van der Waals surface area contributed by atoms with Gasteiger partial charge in [-0.15, -0.1) is 0 Å². The van der Waals surface area contributed by atoms with Crippen LogP contribution in [0.1, 0.15) is 60.8 Å². The Morgan fingerprint density at radius 1 is 1.37 bits per heavy atom. The molecule has 0 saturated carbocycles. The van der Waals surface area contributed by atoms with Crippen molar-refractivity contribution in [2.24, 2.45) is 17.8 Å². The fraction of sp³-hybridized carbons (Fsp3) is 0.864.